The van der Waals surface area contributed by atoms with Crippen LogP contribution >= 0.6 is 0 Å². The molecule has 6 nitrogen and oxygen atoms in total. The maximum atomic E-state index is 5.56. The quantitative estimate of drug-likeness (QED) is 0.366. The van der Waals surface area contributed by atoms with Gasteiger partial charge in [-0.25, -0.2) is 4.98 Å². The summed E-state index contributed by atoms with van der Waals surface area (Å²) in [7, 11) is 0. The van der Waals surface area contributed by atoms with Gasteiger partial charge in [0.1, 0.15) is 5.82 Å². The molecule has 0 N–H and O–H groups in total. The van der Waals surface area contributed by atoms with Crippen molar-refractivity contribution in [2.45, 2.75) is 19.9 Å². The average molecular weight is 439 g/mol. The summed E-state index contributed by atoms with van der Waals surface area (Å²) < 4.78 is 13.4. The van der Waals surface area contributed by atoms with Crippen LogP contribution in [0.1, 0.15) is 24.2 Å². The molecule has 0 spiro atoms. The highest BCUT2D eigenvalue weighted by Gasteiger charge is 2.21. The van der Waals surface area contributed by atoms with Crippen molar-refractivity contribution in [3.05, 3.63) is 78.0 Å². The maximum absolute atomic E-state index is 5.56. The minimum atomic E-state index is 0.116. The van der Waals surface area contributed by atoms with Crippen LogP contribution in [-0.2, 0) is 4.74 Å². The number of rotatable bonds is 4. The van der Waals surface area contributed by atoms with E-state index in [4.69, 9.17) is 14.2 Å². The predicted octanol–water partition coefficient (Wildman–Crippen LogP) is 5.60. The Hall–Kier alpha value is -3.64. The molecule has 33 heavy (non-hydrogen) atoms. The smallest absolute Gasteiger partial charge is 0.167 e. The van der Waals surface area contributed by atoms with Gasteiger partial charge in [0, 0.05) is 29.7 Å². The van der Waals surface area contributed by atoms with Gasteiger partial charge in [-0.2, -0.15) is 0 Å². The molecule has 3 heterocycles. The fourth-order valence-electron chi connectivity index (χ4n) is 4.77. The van der Waals surface area contributed by atoms with E-state index in [2.05, 4.69) is 82.2 Å². The van der Waals surface area contributed by atoms with E-state index in [0.717, 1.165) is 65.4 Å². The lowest BCUT2D eigenvalue weighted by molar-refractivity contribution is 0.122. The topological polar surface area (TPSA) is 56.3 Å². The number of imidazole rings is 1. The Morgan fingerprint density at radius 3 is 2.58 bits per heavy atom. The number of fused-ring (bicyclic) bond motifs is 2. The summed E-state index contributed by atoms with van der Waals surface area (Å²) in [6.07, 6.45) is 0. The minimum absolute atomic E-state index is 0.116. The molecule has 3 aromatic carbocycles. The van der Waals surface area contributed by atoms with Crippen LogP contribution in [0.3, 0.4) is 0 Å². The first-order chi connectivity index (χ1) is 16.2. The fourth-order valence-corrected chi connectivity index (χ4v) is 4.77. The summed E-state index contributed by atoms with van der Waals surface area (Å²) in [6.45, 7) is 7.56. The Morgan fingerprint density at radius 2 is 1.76 bits per heavy atom. The summed E-state index contributed by atoms with van der Waals surface area (Å²) >= 11 is 0. The van der Waals surface area contributed by atoms with E-state index in [9.17, 15) is 0 Å². The zero-order chi connectivity index (χ0) is 22.4. The second kappa shape index (κ2) is 8.05. The molecule has 2 aromatic heterocycles. The second-order valence-corrected chi connectivity index (χ2v) is 8.64. The van der Waals surface area contributed by atoms with Gasteiger partial charge in [0.2, 0.25) is 0 Å². The molecule has 1 fully saturated rings. The lowest BCUT2D eigenvalue weighted by Gasteiger charge is -2.29. The van der Waals surface area contributed by atoms with Crippen molar-refractivity contribution in [1.29, 1.82) is 0 Å². The molecule has 166 valence electrons. The molecule has 1 aliphatic heterocycles. The van der Waals surface area contributed by atoms with Gasteiger partial charge in [-0.3, -0.25) is 0 Å². The molecule has 6 heteroatoms. The molecule has 0 aliphatic carbocycles. The van der Waals surface area contributed by atoms with Crippen LogP contribution in [0.2, 0.25) is 0 Å². The van der Waals surface area contributed by atoms with E-state index in [-0.39, 0.29) is 6.04 Å². The molecule has 5 aromatic rings. The van der Waals surface area contributed by atoms with Crippen LogP contribution < -0.4 is 4.90 Å². The Morgan fingerprint density at radius 1 is 0.939 bits per heavy atom. The lowest BCUT2D eigenvalue weighted by atomic mass is 10.1. The highest BCUT2D eigenvalue weighted by Crippen LogP contribution is 2.35. The molecule has 1 aliphatic rings. The maximum Gasteiger partial charge on any atom is 0.167 e. The van der Waals surface area contributed by atoms with Crippen LogP contribution in [-0.4, -0.2) is 41.0 Å². The summed E-state index contributed by atoms with van der Waals surface area (Å²) in [5.41, 5.74) is 7.33. The molecular formula is C27H26N4O2. The Balaban J connectivity index is 1.56. The number of aromatic nitrogens is 3. The Kier molecular flexibility index (Phi) is 4.88. The number of hydrogen-bond acceptors (Lipinski definition) is 5. The number of hydrogen-bond donors (Lipinski definition) is 0. The van der Waals surface area contributed by atoms with Crippen LogP contribution in [0.15, 0.2) is 71.3 Å². The van der Waals surface area contributed by atoms with Gasteiger partial charge in [-0.1, -0.05) is 35.5 Å². The first kappa shape index (κ1) is 20.0. The van der Waals surface area contributed by atoms with Crippen molar-refractivity contribution in [2.75, 3.05) is 31.2 Å². The first-order valence-electron chi connectivity index (χ1n) is 11.4. The third-order valence-corrected chi connectivity index (χ3v) is 6.63. The van der Waals surface area contributed by atoms with E-state index < -0.39 is 0 Å². The van der Waals surface area contributed by atoms with E-state index in [1.807, 2.05) is 13.0 Å². The van der Waals surface area contributed by atoms with E-state index in [1.54, 1.807) is 0 Å². The molecule has 6 rings (SSSR count). The number of nitrogens with zero attached hydrogens (tertiary/aromatic N) is 4. The Bertz CT molecular complexity index is 1430. The number of ether oxygens (including phenoxy) is 1. The first-order valence-corrected chi connectivity index (χ1v) is 11.4. The second-order valence-electron chi connectivity index (χ2n) is 8.64. The van der Waals surface area contributed by atoms with Gasteiger partial charge < -0.3 is 18.7 Å². The van der Waals surface area contributed by atoms with Crippen molar-refractivity contribution in [3.8, 4) is 11.4 Å². The highest BCUT2D eigenvalue weighted by atomic mass is 16.5. The van der Waals surface area contributed by atoms with Crippen LogP contribution in [0.4, 0.5) is 5.69 Å². The van der Waals surface area contributed by atoms with Crippen molar-refractivity contribution in [3.63, 3.8) is 0 Å². The van der Waals surface area contributed by atoms with Crippen LogP contribution in [0.25, 0.3) is 33.4 Å². The number of morpholine rings is 1. The molecular weight excluding hydrogens is 412 g/mol. The van der Waals surface area contributed by atoms with Crippen LogP contribution in [0.5, 0.6) is 0 Å². The zero-order valence-corrected chi connectivity index (χ0v) is 18.9. The molecule has 0 unspecified atom stereocenters. The normalized spacial score (nSPS) is 15.4. The number of aryl methyl sites for hydroxylation is 1. The largest absolute Gasteiger partial charge is 0.378 e. The summed E-state index contributed by atoms with van der Waals surface area (Å²) in [5.74, 6) is 0.947. The van der Waals surface area contributed by atoms with Gasteiger partial charge in [0.25, 0.3) is 0 Å². The fraction of sp³-hybridized carbons (Fsp3) is 0.259. The van der Waals surface area contributed by atoms with E-state index in [0.29, 0.717) is 0 Å². The zero-order valence-electron chi connectivity index (χ0n) is 18.9. The molecule has 0 amide bonds. The van der Waals surface area contributed by atoms with Crippen LogP contribution in [0, 0.1) is 6.92 Å². The third kappa shape index (κ3) is 3.47. The van der Waals surface area contributed by atoms with Crippen molar-refractivity contribution >= 4 is 27.7 Å². The van der Waals surface area contributed by atoms with Gasteiger partial charge >= 0.3 is 0 Å². The highest BCUT2D eigenvalue weighted by molar-refractivity contribution is 5.88. The Labute approximate surface area is 192 Å². The van der Waals surface area contributed by atoms with Gasteiger partial charge in [0.15, 0.2) is 5.58 Å². The van der Waals surface area contributed by atoms with E-state index >= 15 is 0 Å². The summed E-state index contributed by atoms with van der Waals surface area (Å²) in [4.78, 5) is 7.49. The molecule has 1 saturated heterocycles. The monoisotopic (exact) mass is 438 g/mol. The van der Waals surface area contributed by atoms with Gasteiger partial charge in [-0.05, 0) is 55.8 Å². The minimum Gasteiger partial charge on any atom is -0.378 e. The summed E-state index contributed by atoms with van der Waals surface area (Å²) in [5, 5.41) is 5.14. The van der Waals surface area contributed by atoms with Gasteiger partial charge in [-0.15, -0.1) is 0 Å². The standard InChI is InChI=1S/C27H26N4O2/c1-18-23-16-21(8-11-26(23)33-29-18)27-28-24-10-9-22(30-12-14-32-15-13-30)17-25(24)31(27)19(2)20-6-4-3-5-7-20/h3-11,16-17,19H,12-15H2,1-2H3/t19-/m0/s1. The lowest BCUT2D eigenvalue weighted by Crippen LogP contribution is -2.36. The van der Waals surface area contributed by atoms with Crippen molar-refractivity contribution in [1.82, 2.24) is 14.7 Å². The predicted molar refractivity (Wildman–Crippen MR) is 131 cm³/mol. The number of anilines is 1. The van der Waals surface area contributed by atoms with Crippen molar-refractivity contribution < 1.29 is 9.26 Å². The molecule has 1 atom stereocenters. The van der Waals surface area contributed by atoms with Crippen molar-refractivity contribution in [2.24, 2.45) is 0 Å². The summed E-state index contributed by atoms with van der Waals surface area (Å²) in [6, 6.07) is 23.5. The molecule has 0 radical (unpaired) electrons. The average Bonchev–Trinajstić information content (AvgIpc) is 3.44. The molecule has 0 bridgehead atoms. The third-order valence-electron chi connectivity index (χ3n) is 6.63. The SMILES string of the molecule is Cc1noc2ccc(-c3nc4ccc(N5CCOCC5)cc4n3[C@@H](C)c3ccccc3)cc12. The number of benzene rings is 3. The van der Waals surface area contributed by atoms with E-state index in [1.165, 1.54) is 11.3 Å². The molecule has 0 saturated carbocycles. The van der Waals surface area contributed by atoms with Gasteiger partial charge in [0.05, 0.1) is 36.0 Å².